The highest BCUT2D eigenvalue weighted by atomic mass is 15.3. The van der Waals surface area contributed by atoms with Crippen LogP contribution in [-0.2, 0) is 0 Å². The van der Waals surface area contributed by atoms with Gasteiger partial charge in [-0.1, -0.05) is 39.0 Å². The van der Waals surface area contributed by atoms with Gasteiger partial charge in [-0.25, -0.2) is 0 Å². The minimum Gasteiger partial charge on any atom is -0.311 e. The molecular formula is C18H34N2. The third kappa shape index (κ3) is 3.39. The molecule has 3 rings (SSSR count). The number of hydrogen-bond acceptors (Lipinski definition) is 2. The molecule has 0 spiro atoms. The molecule has 2 nitrogen and oxygen atoms in total. The molecule has 2 saturated carbocycles. The molecule has 1 heterocycles. The number of nitrogens with one attached hydrogen (secondary N) is 1. The van der Waals surface area contributed by atoms with Gasteiger partial charge in [0.05, 0.1) is 0 Å². The van der Waals surface area contributed by atoms with Crippen molar-refractivity contribution in [1.82, 2.24) is 10.2 Å². The largest absolute Gasteiger partial charge is 0.311 e. The van der Waals surface area contributed by atoms with Gasteiger partial charge in [0, 0.05) is 31.2 Å². The molecule has 0 amide bonds. The Morgan fingerprint density at radius 3 is 2.45 bits per heavy atom. The maximum absolute atomic E-state index is 3.88. The van der Waals surface area contributed by atoms with E-state index in [1.54, 1.807) is 0 Å². The van der Waals surface area contributed by atoms with E-state index in [1.807, 2.05) is 0 Å². The topological polar surface area (TPSA) is 15.3 Å². The van der Waals surface area contributed by atoms with E-state index < -0.39 is 0 Å². The van der Waals surface area contributed by atoms with Gasteiger partial charge in [-0.2, -0.15) is 0 Å². The summed E-state index contributed by atoms with van der Waals surface area (Å²) in [4.78, 5) is 2.88. The second-order valence-corrected chi connectivity index (χ2v) is 7.88. The van der Waals surface area contributed by atoms with Crippen molar-refractivity contribution >= 4 is 0 Å². The standard InChI is InChI=1S/C18H34N2/c1-14-7-6-10-17(11-14)20-13-18(19-12-15(20)2)16-8-4-3-5-9-16/h14-19H,3-13H2,1-2H3. The van der Waals surface area contributed by atoms with E-state index in [1.165, 1.54) is 70.9 Å². The zero-order valence-electron chi connectivity index (χ0n) is 13.6. The van der Waals surface area contributed by atoms with Crippen molar-refractivity contribution < 1.29 is 0 Å². The Balaban J connectivity index is 1.60. The summed E-state index contributed by atoms with van der Waals surface area (Å²) in [5.74, 6) is 1.91. The highest BCUT2D eigenvalue weighted by molar-refractivity contribution is 4.93. The first-order chi connectivity index (χ1) is 9.74. The van der Waals surface area contributed by atoms with Crippen LogP contribution in [0.4, 0.5) is 0 Å². The molecule has 1 saturated heterocycles. The third-order valence-electron chi connectivity index (χ3n) is 6.25. The van der Waals surface area contributed by atoms with Crippen LogP contribution in [0.25, 0.3) is 0 Å². The zero-order valence-corrected chi connectivity index (χ0v) is 13.6. The molecule has 1 aliphatic heterocycles. The van der Waals surface area contributed by atoms with Gasteiger partial charge < -0.3 is 5.32 Å². The van der Waals surface area contributed by atoms with Crippen molar-refractivity contribution in [3.8, 4) is 0 Å². The van der Waals surface area contributed by atoms with E-state index in [2.05, 4.69) is 24.1 Å². The van der Waals surface area contributed by atoms with Crippen LogP contribution >= 0.6 is 0 Å². The summed E-state index contributed by atoms with van der Waals surface area (Å²) in [5, 5.41) is 3.88. The first kappa shape index (κ1) is 14.8. The van der Waals surface area contributed by atoms with Crippen molar-refractivity contribution in [3.63, 3.8) is 0 Å². The van der Waals surface area contributed by atoms with Gasteiger partial charge in [0.15, 0.2) is 0 Å². The Labute approximate surface area is 125 Å². The predicted molar refractivity (Wildman–Crippen MR) is 86.0 cm³/mol. The quantitative estimate of drug-likeness (QED) is 0.826. The fourth-order valence-electron chi connectivity index (χ4n) is 4.98. The molecule has 0 aromatic heterocycles. The van der Waals surface area contributed by atoms with E-state index in [4.69, 9.17) is 0 Å². The fraction of sp³-hybridized carbons (Fsp3) is 1.00. The number of piperazine rings is 1. The first-order valence-electron chi connectivity index (χ1n) is 9.23. The van der Waals surface area contributed by atoms with E-state index in [0.717, 1.165) is 30.0 Å². The van der Waals surface area contributed by atoms with E-state index in [-0.39, 0.29) is 0 Å². The Morgan fingerprint density at radius 1 is 0.900 bits per heavy atom. The monoisotopic (exact) mass is 278 g/mol. The molecule has 0 bridgehead atoms. The highest BCUT2D eigenvalue weighted by Gasteiger charge is 2.35. The van der Waals surface area contributed by atoms with Gasteiger partial charge in [0.2, 0.25) is 0 Å². The molecule has 1 N–H and O–H groups in total. The minimum absolute atomic E-state index is 0.741. The van der Waals surface area contributed by atoms with Gasteiger partial charge in [-0.15, -0.1) is 0 Å². The molecule has 2 heteroatoms. The van der Waals surface area contributed by atoms with E-state index in [0.29, 0.717) is 0 Å². The van der Waals surface area contributed by atoms with Gasteiger partial charge in [-0.3, -0.25) is 4.90 Å². The second kappa shape index (κ2) is 6.79. The van der Waals surface area contributed by atoms with Crippen LogP contribution in [0.3, 0.4) is 0 Å². The Morgan fingerprint density at radius 2 is 1.70 bits per heavy atom. The van der Waals surface area contributed by atoms with Crippen LogP contribution in [0.1, 0.15) is 71.6 Å². The molecular weight excluding hydrogens is 244 g/mol. The SMILES string of the molecule is CC1CCCC(N2CC(C3CCCCC3)NCC2C)C1. The van der Waals surface area contributed by atoms with Gasteiger partial charge >= 0.3 is 0 Å². The van der Waals surface area contributed by atoms with Crippen LogP contribution in [0, 0.1) is 11.8 Å². The van der Waals surface area contributed by atoms with E-state index >= 15 is 0 Å². The lowest BCUT2D eigenvalue weighted by Crippen LogP contribution is -2.61. The lowest BCUT2D eigenvalue weighted by atomic mass is 9.81. The average Bonchev–Trinajstić information content (AvgIpc) is 2.48. The van der Waals surface area contributed by atoms with E-state index in [9.17, 15) is 0 Å². The molecule has 0 aromatic carbocycles. The van der Waals surface area contributed by atoms with Crippen molar-refractivity contribution in [1.29, 1.82) is 0 Å². The summed E-state index contributed by atoms with van der Waals surface area (Å²) in [6, 6.07) is 2.40. The highest BCUT2D eigenvalue weighted by Crippen LogP contribution is 2.32. The Kier molecular flexibility index (Phi) is 5.04. The number of nitrogens with zero attached hydrogens (tertiary/aromatic N) is 1. The second-order valence-electron chi connectivity index (χ2n) is 7.88. The Bertz CT molecular complexity index is 298. The summed E-state index contributed by atoms with van der Waals surface area (Å²) in [5.41, 5.74) is 0. The normalized spacial score (nSPS) is 41.7. The summed E-state index contributed by atoms with van der Waals surface area (Å²) < 4.78 is 0. The molecule has 3 aliphatic rings. The van der Waals surface area contributed by atoms with Crippen molar-refractivity contribution in [2.45, 2.75) is 89.8 Å². The van der Waals surface area contributed by atoms with Crippen molar-refractivity contribution in [3.05, 3.63) is 0 Å². The molecule has 2 aliphatic carbocycles. The van der Waals surface area contributed by atoms with Crippen molar-refractivity contribution in [2.24, 2.45) is 11.8 Å². The maximum Gasteiger partial charge on any atom is 0.0224 e. The summed E-state index contributed by atoms with van der Waals surface area (Å²) in [6.45, 7) is 7.43. The average molecular weight is 278 g/mol. The van der Waals surface area contributed by atoms with Crippen LogP contribution in [0.2, 0.25) is 0 Å². The van der Waals surface area contributed by atoms with Crippen LogP contribution in [0.15, 0.2) is 0 Å². The molecule has 4 atom stereocenters. The third-order valence-corrected chi connectivity index (χ3v) is 6.25. The molecule has 20 heavy (non-hydrogen) atoms. The van der Waals surface area contributed by atoms with Crippen molar-refractivity contribution in [2.75, 3.05) is 13.1 Å². The number of rotatable bonds is 2. The van der Waals surface area contributed by atoms with Crippen LogP contribution in [0.5, 0.6) is 0 Å². The van der Waals surface area contributed by atoms with Crippen LogP contribution in [-0.4, -0.2) is 36.1 Å². The molecule has 0 radical (unpaired) electrons. The smallest absolute Gasteiger partial charge is 0.0224 e. The molecule has 116 valence electrons. The minimum atomic E-state index is 0.741. The lowest BCUT2D eigenvalue weighted by Gasteiger charge is -2.48. The van der Waals surface area contributed by atoms with Gasteiger partial charge in [0.25, 0.3) is 0 Å². The molecule has 3 fully saturated rings. The summed E-state index contributed by atoms with van der Waals surface area (Å²) in [7, 11) is 0. The molecule has 0 aromatic rings. The fourth-order valence-corrected chi connectivity index (χ4v) is 4.98. The Hall–Kier alpha value is -0.0800. The maximum atomic E-state index is 3.88. The zero-order chi connectivity index (χ0) is 13.9. The lowest BCUT2D eigenvalue weighted by molar-refractivity contribution is 0.0410. The predicted octanol–water partition coefficient (Wildman–Crippen LogP) is 3.81. The molecule has 4 unspecified atom stereocenters. The van der Waals surface area contributed by atoms with Crippen LogP contribution < -0.4 is 5.32 Å². The summed E-state index contributed by atoms with van der Waals surface area (Å²) in [6.07, 6.45) is 13.2. The van der Waals surface area contributed by atoms with Gasteiger partial charge in [-0.05, 0) is 44.4 Å². The first-order valence-corrected chi connectivity index (χ1v) is 9.23. The van der Waals surface area contributed by atoms with Gasteiger partial charge in [0.1, 0.15) is 0 Å². The summed E-state index contributed by atoms with van der Waals surface area (Å²) >= 11 is 0. The number of hydrogen-bond donors (Lipinski definition) is 1.